The first-order valence-electron chi connectivity index (χ1n) is 7.93. The van der Waals surface area contributed by atoms with Crippen LogP contribution in [0.4, 0.5) is 4.79 Å². The van der Waals surface area contributed by atoms with Crippen LogP contribution in [0.3, 0.4) is 0 Å². The van der Waals surface area contributed by atoms with Crippen molar-refractivity contribution < 1.29 is 14.6 Å². The van der Waals surface area contributed by atoms with Crippen molar-refractivity contribution in [3.63, 3.8) is 0 Å². The number of aliphatic hydroxyl groups excluding tert-OH is 1. The van der Waals surface area contributed by atoms with E-state index in [4.69, 9.17) is 4.74 Å². The number of amides is 2. The Labute approximate surface area is 132 Å². The van der Waals surface area contributed by atoms with E-state index >= 15 is 0 Å². The number of ether oxygens (including phenoxy) is 1. The predicted octanol–water partition coefficient (Wildman–Crippen LogP) is 2.01. The molecule has 1 fully saturated rings. The van der Waals surface area contributed by atoms with Gasteiger partial charge in [0.2, 0.25) is 0 Å². The number of carbonyl (C=O) groups excluding carboxylic acids is 1. The van der Waals surface area contributed by atoms with Crippen molar-refractivity contribution in [2.45, 2.75) is 38.3 Å². The fourth-order valence-corrected chi connectivity index (χ4v) is 2.56. The summed E-state index contributed by atoms with van der Waals surface area (Å²) in [5.74, 6) is 0.516. The number of rotatable bonds is 8. The van der Waals surface area contributed by atoms with E-state index in [1.165, 1.54) is 5.56 Å². The van der Waals surface area contributed by atoms with Crippen LogP contribution in [0.15, 0.2) is 24.3 Å². The van der Waals surface area contributed by atoms with Crippen LogP contribution in [0.2, 0.25) is 0 Å². The Morgan fingerprint density at radius 3 is 2.50 bits per heavy atom. The Morgan fingerprint density at radius 2 is 2.00 bits per heavy atom. The van der Waals surface area contributed by atoms with Gasteiger partial charge >= 0.3 is 6.03 Å². The third-order valence-electron chi connectivity index (χ3n) is 4.13. The summed E-state index contributed by atoms with van der Waals surface area (Å²) in [5, 5.41) is 15.3. The van der Waals surface area contributed by atoms with E-state index in [1.807, 2.05) is 24.3 Å². The molecular formula is C17H26N2O3. The van der Waals surface area contributed by atoms with Gasteiger partial charge in [0.25, 0.3) is 0 Å². The molecule has 22 heavy (non-hydrogen) atoms. The number of hydrogen-bond acceptors (Lipinski definition) is 3. The monoisotopic (exact) mass is 306 g/mol. The minimum Gasteiger partial charge on any atom is -0.394 e. The van der Waals surface area contributed by atoms with E-state index in [0.717, 1.165) is 24.8 Å². The van der Waals surface area contributed by atoms with Gasteiger partial charge < -0.3 is 20.5 Å². The second kappa shape index (κ2) is 8.15. The Morgan fingerprint density at radius 1 is 1.32 bits per heavy atom. The van der Waals surface area contributed by atoms with Gasteiger partial charge in [0.1, 0.15) is 0 Å². The number of urea groups is 1. The fourth-order valence-electron chi connectivity index (χ4n) is 2.56. The lowest BCUT2D eigenvalue weighted by Gasteiger charge is -2.21. The summed E-state index contributed by atoms with van der Waals surface area (Å²) in [4.78, 5) is 12.1. The molecule has 3 N–H and O–H groups in total. The Kier molecular flexibility index (Phi) is 6.21. The van der Waals surface area contributed by atoms with Crippen LogP contribution in [-0.4, -0.2) is 37.5 Å². The number of benzene rings is 1. The quantitative estimate of drug-likeness (QED) is 0.688. The van der Waals surface area contributed by atoms with Gasteiger partial charge in [0, 0.05) is 7.11 Å². The van der Waals surface area contributed by atoms with Crippen molar-refractivity contribution in [1.82, 2.24) is 10.6 Å². The van der Waals surface area contributed by atoms with Crippen molar-refractivity contribution in [3.8, 4) is 0 Å². The lowest BCUT2D eigenvalue weighted by atomic mass is 10.0. The maximum Gasteiger partial charge on any atom is 0.315 e. The average Bonchev–Trinajstić information content (AvgIpc) is 3.37. The van der Waals surface area contributed by atoms with E-state index in [-0.39, 0.29) is 18.7 Å². The highest BCUT2D eigenvalue weighted by molar-refractivity contribution is 5.75. The Bertz CT molecular complexity index is 471. The third kappa shape index (κ3) is 4.71. The van der Waals surface area contributed by atoms with Gasteiger partial charge in [-0.3, -0.25) is 0 Å². The van der Waals surface area contributed by atoms with Crippen molar-refractivity contribution in [3.05, 3.63) is 35.4 Å². The molecule has 1 aromatic carbocycles. The van der Waals surface area contributed by atoms with Gasteiger partial charge in [-0.2, -0.15) is 0 Å². The van der Waals surface area contributed by atoms with Crippen molar-refractivity contribution in [2.75, 3.05) is 20.3 Å². The lowest BCUT2D eigenvalue weighted by Crippen LogP contribution is -2.46. The molecule has 0 spiro atoms. The molecule has 2 rings (SSSR count). The molecule has 1 aliphatic rings. The first-order valence-corrected chi connectivity index (χ1v) is 7.93. The summed E-state index contributed by atoms with van der Waals surface area (Å²) in [7, 11) is 1.64. The highest BCUT2D eigenvalue weighted by atomic mass is 16.5. The zero-order chi connectivity index (χ0) is 15.9. The zero-order valence-corrected chi connectivity index (χ0v) is 13.3. The van der Waals surface area contributed by atoms with Crippen LogP contribution in [0.1, 0.15) is 36.9 Å². The van der Waals surface area contributed by atoms with E-state index < -0.39 is 6.04 Å². The largest absolute Gasteiger partial charge is 0.394 e. The van der Waals surface area contributed by atoms with E-state index in [1.54, 1.807) is 7.11 Å². The summed E-state index contributed by atoms with van der Waals surface area (Å²) in [6.07, 6.45) is 3.24. The van der Waals surface area contributed by atoms with Gasteiger partial charge in [-0.05, 0) is 36.3 Å². The van der Waals surface area contributed by atoms with Crippen molar-refractivity contribution in [2.24, 2.45) is 5.92 Å². The molecule has 0 aliphatic heterocycles. The molecule has 0 heterocycles. The second-order valence-electron chi connectivity index (χ2n) is 5.85. The smallest absolute Gasteiger partial charge is 0.315 e. The Balaban J connectivity index is 1.91. The summed E-state index contributed by atoms with van der Waals surface area (Å²) in [5.41, 5.74) is 2.14. The number of nitrogens with one attached hydrogen (secondary N) is 2. The molecule has 1 aromatic rings. The van der Waals surface area contributed by atoms with Crippen LogP contribution in [0.5, 0.6) is 0 Å². The van der Waals surface area contributed by atoms with Crippen LogP contribution < -0.4 is 10.6 Å². The number of aryl methyl sites for hydroxylation is 1. The molecule has 0 saturated heterocycles. The van der Waals surface area contributed by atoms with Gasteiger partial charge in [-0.1, -0.05) is 31.2 Å². The predicted molar refractivity (Wildman–Crippen MR) is 85.7 cm³/mol. The molecule has 0 radical (unpaired) electrons. The average molecular weight is 306 g/mol. The topological polar surface area (TPSA) is 70.6 Å². The first-order chi connectivity index (χ1) is 10.7. The lowest BCUT2D eigenvalue weighted by molar-refractivity contribution is 0.155. The molecule has 0 aromatic heterocycles. The SMILES string of the molecule is CCc1ccc(C(CO)NC(=O)NC(COC)C2CC2)cc1. The summed E-state index contributed by atoms with van der Waals surface area (Å²) in [6.45, 7) is 2.49. The van der Waals surface area contributed by atoms with Crippen LogP contribution >= 0.6 is 0 Å². The molecule has 2 unspecified atom stereocenters. The van der Waals surface area contributed by atoms with Crippen molar-refractivity contribution in [1.29, 1.82) is 0 Å². The minimum atomic E-state index is -0.395. The van der Waals surface area contributed by atoms with Gasteiger partial charge in [-0.15, -0.1) is 0 Å². The molecule has 0 bridgehead atoms. The summed E-state index contributed by atoms with van der Waals surface area (Å²) in [6, 6.07) is 7.35. The Hall–Kier alpha value is -1.59. The highest BCUT2D eigenvalue weighted by Crippen LogP contribution is 2.32. The molecule has 5 nitrogen and oxygen atoms in total. The number of aliphatic hydroxyl groups is 1. The second-order valence-corrected chi connectivity index (χ2v) is 5.85. The molecule has 122 valence electrons. The van der Waals surface area contributed by atoms with E-state index in [2.05, 4.69) is 17.6 Å². The van der Waals surface area contributed by atoms with Gasteiger partial charge in [0.15, 0.2) is 0 Å². The summed E-state index contributed by atoms with van der Waals surface area (Å²) >= 11 is 0. The summed E-state index contributed by atoms with van der Waals surface area (Å²) < 4.78 is 5.16. The van der Waals surface area contributed by atoms with Crippen LogP contribution in [0.25, 0.3) is 0 Å². The standard InChI is InChI=1S/C17H26N2O3/c1-3-12-4-6-13(7-5-12)15(10-20)18-17(21)19-16(11-22-2)14-8-9-14/h4-7,14-16,20H,3,8-11H2,1-2H3,(H2,18,19,21). The number of carbonyl (C=O) groups is 1. The van der Waals surface area contributed by atoms with Crippen LogP contribution in [0, 0.1) is 5.92 Å². The van der Waals surface area contributed by atoms with Gasteiger partial charge in [0.05, 0.1) is 25.3 Å². The third-order valence-corrected chi connectivity index (χ3v) is 4.13. The van der Waals surface area contributed by atoms with E-state index in [9.17, 15) is 9.90 Å². The molecule has 1 saturated carbocycles. The normalized spacial score (nSPS) is 16.9. The molecular weight excluding hydrogens is 280 g/mol. The molecule has 1 aliphatic carbocycles. The molecule has 2 atom stereocenters. The van der Waals surface area contributed by atoms with Crippen molar-refractivity contribution >= 4 is 6.03 Å². The fraction of sp³-hybridized carbons (Fsp3) is 0.588. The van der Waals surface area contributed by atoms with Gasteiger partial charge in [-0.25, -0.2) is 4.79 Å². The maximum absolute atomic E-state index is 12.1. The molecule has 2 amide bonds. The first kappa shape index (κ1) is 16.8. The number of hydrogen-bond donors (Lipinski definition) is 3. The van der Waals surface area contributed by atoms with Crippen LogP contribution in [-0.2, 0) is 11.2 Å². The molecule has 5 heteroatoms. The highest BCUT2D eigenvalue weighted by Gasteiger charge is 2.32. The van der Waals surface area contributed by atoms with E-state index in [0.29, 0.717) is 12.5 Å². The zero-order valence-electron chi connectivity index (χ0n) is 13.3. The number of methoxy groups -OCH3 is 1. The maximum atomic E-state index is 12.1. The minimum absolute atomic E-state index is 0.0480.